The summed E-state index contributed by atoms with van der Waals surface area (Å²) in [6.45, 7) is 0.594. The number of carbonyl (C=O) groups is 1. The molecule has 2 aromatic carbocycles. The minimum absolute atomic E-state index is 0.205. The first-order valence-corrected chi connectivity index (χ1v) is 7.20. The summed E-state index contributed by atoms with van der Waals surface area (Å²) >= 11 is 0. The maximum absolute atomic E-state index is 11.6. The number of hydrogen-bond donors (Lipinski definition) is 1. The van der Waals surface area contributed by atoms with Gasteiger partial charge in [0.25, 0.3) is 0 Å². The molecule has 0 saturated heterocycles. The van der Waals surface area contributed by atoms with Crippen molar-refractivity contribution in [3.05, 3.63) is 76.8 Å². The number of anilines is 1. The Balaban J connectivity index is 1.80. The van der Waals surface area contributed by atoms with Crippen molar-refractivity contribution in [3.63, 3.8) is 0 Å². The molecule has 0 spiro atoms. The standard InChI is InChI=1S/C17H15N5O/c18-21-19-11-17(23)20-15-6-7-16-14(10-15)8-9-22(16)12-13-4-2-1-3-5-13/h1-10H,11-12H2,(H,20,23). The van der Waals surface area contributed by atoms with E-state index in [4.69, 9.17) is 5.53 Å². The predicted molar refractivity (Wildman–Crippen MR) is 90.1 cm³/mol. The van der Waals surface area contributed by atoms with E-state index in [-0.39, 0.29) is 12.5 Å². The molecule has 23 heavy (non-hydrogen) atoms. The molecule has 0 radical (unpaired) electrons. The van der Waals surface area contributed by atoms with Gasteiger partial charge in [0.15, 0.2) is 0 Å². The molecule has 0 aliphatic heterocycles. The summed E-state index contributed by atoms with van der Waals surface area (Å²) in [5.41, 5.74) is 11.2. The van der Waals surface area contributed by atoms with E-state index in [9.17, 15) is 4.79 Å². The van der Waals surface area contributed by atoms with Crippen molar-refractivity contribution in [2.24, 2.45) is 5.11 Å². The Hall–Kier alpha value is -3.24. The molecule has 1 amide bonds. The highest BCUT2D eigenvalue weighted by atomic mass is 16.1. The van der Waals surface area contributed by atoms with Gasteiger partial charge >= 0.3 is 0 Å². The number of nitrogens with one attached hydrogen (secondary N) is 1. The lowest BCUT2D eigenvalue weighted by atomic mass is 10.2. The molecule has 3 aromatic rings. The highest BCUT2D eigenvalue weighted by molar-refractivity contribution is 5.95. The van der Waals surface area contributed by atoms with Gasteiger partial charge in [-0.05, 0) is 35.4 Å². The average Bonchev–Trinajstić information content (AvgIpc) is 2.96. The number of benzene rings is 2. The first kappa shape index (κ1) is 14.7. The zero-order valence-electron chi connectivity index (χ0n) is 12.4. The van der Waals surface area contributed by atoms with Gasteiger partial charge in [-0.2, -0.15) is 0 Å². The Morgan fingerprint density at radius 1 is 1.17 bits per heavy atom. The van der Waals surface area contributed by atoms with Gasteiger partial charge in [0.1, 0.15) is 6.54 Å². The van der Waals surface area contributed by atoms with Crippen LogP contribution >= 0.6 is 0 Å². The minimum Gasteiger partial charge on any atom is -0.343 e. The lowest BCUT2D eigenvalue weighted by molar-refractivity contribution is -0.114. The molecule has 114 valence electrons. The van der Waals surface area contributed by atoms with Crippen molar-refractivity contribution in [1.82, 2.24) is 4.57 Å². The number of fused-ring (bicyclic) bond motifs is 1. The van der Waals surface area contributed by atoms with E-state index < -0.39 is 0 Å². The summed E-state index contributed by atoms with van der Waals surface area (Å²) in [4.78, 5) is 14.1. The monoisotopic (exact) mass is 305 g/mol. The fourth-order valence-electron chi connectivity index (χ4n) is 2.49. The predicted octanol–water partition coefficient (Wildman–Crippen LogP) is 3.94. The largest absolute Gasteiger partial charge is 0.343 e. The van der Waals surface area contributed by atoms with E-state index in [1.165, 1.54) is 5.56 Å². The van der Waals surface area contributed by atoms with Crippen molar-refractivity contribution in [2.45, 2.75) is 6.54 Å². The van der Waals surface area contributed by atoms with E-state index in [0.29, 0.717) is 5.69 Å². The Bertz CT molecular complexity index is 878. The molecule has 0 saturated carbocycles. The Labute approximate surface area is 133 Å². The summed E-state index contributed by atoms with van der Waals surface area (Å²) in [6.07, 6.45) is 2.03. The van der Waals surface area contributed by atoms with Gasteiger partial charge < -0.3 is 9.88 Å². The lowest BCUT2D eigenvalue weighted by Crippen LogP contribution is -2.14. The van der Waals surface area contributed by atoms with Crippen LogP contribution in [0.5, 0.6) is 0 Å². The van der Waals surface area contributed by atoms with Crippen LogP contribution in [0, 0.1) is 0 Å². The number of aromatic nitrogens is 1. The normalized spacial score (nSPS) is 10.3. The SMILES string of the molecule is [N-]=[N+]=NCC(=O)Nc1ccc2c(ccn2Cc2ccccc2)c1. The molecule has 0 aliphatic carbocycles. The molecule has 0 unspecified atom stereocenters. The fourth-order valence-corrected chi connectivity index (χ4v) is 2.49. The number of nitrogens with zero attached hydrogens (tertiary/aromatic N) is 4. The molecule has 6 nitrogen and oxygen atoms in total. The number of azide groups is 1. The van der Waals surface area contributed by atoms with E-state index in [1.54, 1.807) is 0 Å². The molecule has 0 bridgehead atoms. The lowest BCUT2D eigenvalue weighted by Gasteiger charge is -2.07. The zero-order valence-corrected chi connectivity index (χ0v) is 12.4. The van der Waals surface area contributed by atoms with Crippen LogP contribution in [-0.4, -0.2) is 17.0 Å². The average molecular weight is 305 g/mol. The highest BCUT2D eigenvalue weighted by Crippen LogP contribution is 2.21. The third-order valence-electron chi connectivity index (χ3n) is 3.53. The number of carbonyl (C=O) groups excluding carboxylic acids is 1. The first-order chi connectivity index (χ1) is 11.3. The van der Waals surface area contributed by atoms with Crippen LogP contribution in [0.2, 0.25) is 0 Å². The molecule has 6 heteroatoms. The maximum atomic E-state index is 11.6. The van der Waals surface area contributed by atoms with Gasteiger partial charge in [-0.25, -0.2) is 0 Å². The van der Waals surface area contributed by atoms with Crippen LogP contribution in [-0.2, 0) is 11.3 Å². The van der Waals surface area contributed by atoms with Crippen LogP contribution in [0.1, 0.15) is 5.56 Å². The molecule has 1 N–H and O–H groups in total. The Morgan fingerprint density at radius 2 is 2.00 bits per heavy atom. The van der Waals surface area contributed by atoms with Crippen molar-refractivity contribution in [2.75, 3.05) is 11.9 Å². The molecular weight excluding hydrogens is 290 g/mol. The van der Waals surface area contributed by atoms with Crippen molar-refractivity contribution >= 4 is 22.5 Å². The summed E-state index contributed by atoms with van der Waals surface area (Å²) in [7, 11) is 0. The summed E-state index contributed by atoms with van der Waals surface area (Å²) < 4.78 is 2.16. The van der Waals surface area contributed by atoms with Gasteiger partial charge in [0, 0.05) is 34.2 Å². The summed E-state index contributed by atoms with van der Waals surface area (Å²) in [5, 5.41) is 7.00. The molecule has 0 atom stereocenters. The van der Waals surface area contributed by atoms with Gasteiger partial charge in [0.05, 0.1) is 0 Å². The molecule has 0 fully saturated rings. The number of amides is 1. The van der Waals surface area contributed by atoms with Gasteiger partial charge in [-0.1, -0.05) is 35.4 Å². The maximum Gasteiger partial charge on any atom is 0.230 e. The van der Waals surface area contributed by atoms with Crippen molar-refractivity contribution < 1.29 is 4.79 Å². The third kappa shape index (κ3) is 3.51. The smallest absolute Gasteiger partial charge is 0.230 e. The minimum atomic E-state index is -0.328. The summed E-state index contributed by atoms with van der Waals surface area (Å²) in [6, 6.07) is 18.0. The second-order valence-electron chi connectivity index (χ2n) is 5.14. The van der Waals surface area contributed by atoms with Gasteiger partial charge in [-0.15, -0.1) is 0 Å². The van der Waals surface area contributed by atoms with Gasteiger partial charge in [-0.3, -0.25) is 4.79 Å². The first-order valence-electron chi connectivity index (χ1n) is 7.20. The summed E-state index contributed by atoms with van der Waals surface area (Å²) in [5.74, 6) is -0.328. The van der Waals surface area contributed by atoms with Crippen LogP contribution in [0.4, 0.5) is 5.69 Å². The van der Waals surface area contributed by atoms with Crippen LogP contribution < -0.4 is 5.32 Å². The number of hydrogen-bond acceptors (Lipinski definition) is 2. The van der Waals surface area contributed by atoms with E-state index in [0.717, 1.165) is 17.4 Å². The molecule has 0 aliphatic rings. The van der Waals surface area contributed by atoms with Crippen LogP contribution in [0.15, 0.2) is 65.9 Å². The van der Waals surface area contributed by atoms with Crippen molar-refractivity contribution in [1.29, 1.82) is 0 Å². The number of rotatable bonds is 5. The fraction of sp³-hybridized carbons (Fsp3) is 0.118. The Kier molecular flexibility index (Phi) is 4.27. The molecule has 3 rings (SSSR count). The van der Waals surface area contributed by atoms with Gasteiger partial charge in [0.2, 0.25) is 5.91 Å². The van der Waals surface area contributed by atoms with E-state index in [2.05, 4.69) is 32.0 Å². The molecule has 1 heterocycles. The Morgan fingerprint density at radius 3 is 2.78 bits per heavy atom. The second-order valence-corrected chi connectivity index (χ2v) is 5.14. The quantitative estimate of drug-likeness (QED) is 0.432. The third-order valence-corrected chi connectivity index (χ3v) is 3.53. The van der Waals surface area contributed by atoms with Crippen LogP contribution in [0.25, 0.3) is 21.3 Å². The topological polar surface area (TPSA) is 82.8 Å². The second kappa shape index (κ2) is 6.68. The highest BCUT2D eigenvalue weighted by Gasteiger charge is 2.05. The zero-order chi connectivity index (χ0) is 16.1. The molecule has 1 aromatic heterocycles. The van der Waals surface area contributed by atoms with E-state index >= 15 is 0 Å². The van der Waals surface area contributed by atoms with Crippen molar-refractivity contribution in [3.8, 4) is 0 Å². The van der Waals surface area contributed by atoms with E-state index in [1.807, 2.05) is 48.7 Å². The molecular formula is C17H15N5O. The van der Waals surface area contributed by atoms with Crippen LogP contribution in [0.3, 0.4) is 0 Å².